The number of carbonyl (C=O) groups excluding carboxylic acids is 1. The quantitative estimate of drug-likeness (QED) is 0.476. The van der Waals surface area contributed by atoms with E-state index in [2.05, 4.69) is 15.9 Å². The second-order valence-corrected chi connectivity index (χ2v) is 6.22. The van der Waals surface area contributed by atoms with Gasteiger partial charge in [-0.15, -0.1) is 0 Å². The van der Waals surface area contributed by atoms with Crippen LogP contribution in [0.1, 0.15) is 37.6 Å². The van der Waals surface area contributed by atoms with Crippen LogP contribution < -0.4 is 0 Å². The molecule has 0 unspecified atom stereocenters. The zero-order valence-electron chi connectivity index (χ0n) is 11.1. The minimum atomic E-state index is -0.546. The maximum absolute atomic E-state index is 11.8. The maximum atomic E-state index is 11.8. The first-order valence-corrected chi connectivity index (χ1v) is 6.61. The Kier molecular flexibility index (Phi) is 5.05. The molecule has 0 N–H and O–H groups in total. The molecule has 0 amide bonds. The molecule has 104 valence electrons. The number of hydrogen-bond donors (Lipinski definition) is 0. The van der Waals surface area contributed by atoms with E-state index in [1.165, 1.54) is 18.2 Å². The van der Waals surface area contributed by atoms with Crippen LogP contribution in [0.2, 0.25) is 0 Å². The minimum Gasteiger partial charge on any atom is -0.462 e. The van der Waals surface area contributed by atoms with Gasteiger partial charge >= 0.3 is 5.97 Å². The van der Waals surface area contributed by atoms with E-state index in [0.717, 1.165) is 6.42 Å². The van der Waals surface area contributed by atoms with Gasteiger partial charge in [-0.25, -0.2) is 4.79 Å². The largest absolute Gasteiger partial charge is 0.462 e. The molecule has 0 atom stereocenters. The lowest BCUT2D eigenvalue weighted by Crippen LogP contribution is -2.13. The Bertz CT molecular complexity index is 494. The van der Waals surface area contributed by atoms with Gasteiger partial charge in [-0.3, -0.25) is 10.1 Å². The van der Waals surface area contributed by atoms with Gasteiger partial charge in [0, 0.05) is 6.07 Å². The smallest absolute Gasteiger partial charge is 0.338 e. The van der Waals surface area contributed by atoms with Crippen molar-refractivity contribution >= 4 is 27.6 Å². The molecule has 0 saturated heterocycles. The average molecular weight is 330 g/mol. The molecule has 6 heteroatoms. The summed E-state index contributed by atoms with van der Waals surface area (Å²) >= 11 is 3.07. The van der Waals surface area contributed by atoms with E-state index in [9.17, 15) is 14.9 Å². The Labute approximate surface area is 120 Å². The molecule has 0 bridgehead atoms. The van der Waals surface area contributed by atoms with E-state index in [4.69, 9.17) is 4.74 Å². The number of nitro groups is 1. The van der Waals surface area contributed by atoms with Crippen molar-refractivity contribution < 1.29 is 14.5 Å². The number of hydrogen-bond acceptors (Lipinski definition) is 4. The van der Waals surface area contributed by atoms with E-state index in [1.807, 2.05) is 20.8 Å². The second-order valence-electron chi connectivity index (χ2n) is 5.37. The molecule has 1 rings (SSSR count). The second kappa shape index (κ2) is 6.14. The first-order chi connectivity index (χ1) is 8.70. The molecule has 1 aromatic carbocycles. The third kappa shape index (κ3) is 4.98. The third-order valence-electron chi connectivity index (χ3n) is 2.46. The standard InChI is InChI=1S/C13H16BrNO4/c1-13(2,3)6-7-19-12(16)9-4-5-10(14)11(8-9)15(17)18/h4-5,8H,6-7H2,1-3H3. The third-order valence-corrected chi connectivity index (χ3v) is 3.13. The van der Waals surface area contributed by atoms with Crippen molar-refractivity contribution in [2.75, 3.05) is 6.61 Å². The molecule has 0 radical (unpaired) electrons. The highest BCUT2D eigenvalue weighted by Gasteiger charge is 2.17. The van der Waals surface area contributed by atoms with Crippen LogP contribution in [0, 0.1) is 15.5 Å². The Morgan fingerprint density at radius 1 is 1.42 bits per heavy atom. The maximum Gasteiger partial charge on any atom is 0.338 e. The van der Waals surface area contributed by atoms with Gasteiger partial charge in [-0.2, -0.15) is 0 Å². The van der Waals surface area contributed by atoms with Gasteiger partial charge < -0.3 is 4.74 Å². The number of ether oxygens (including phenoxy) is 1. The number of nitrogens with zero attached hydrogens (tertiary/aromatic N) is 1. The van der Waals surface area contributed by atoms with Crippen molar-refractivity contribution in [1.29, 1.82) is 0 Å². The van der Waals surface area contributed by atoms with Crippen LogP contribution in [-0.4, -0.2) is 17.5 Å². The molecular formula is C13H16BrNO4. The van der Waals surface area contributed by atoms with Crippen LogP contribution in [0.15, 0.2) is 22.7 Å². The molecule has 0 aromatic heterocycles. The summed E-state index contributed by atoms with van der Waals surface area (Å²) in [5, 5.41) is 10.8. The summed E-state index contributed by atoms with van der Waals surface area (Å²) < 4.78 is 5.44. The predicted molar refractivity (Wildman–Crippen MR) is 75.2 cm³/mol. The molecule has 0 heterocycles. The van der Waals surface area contributed by atoms with Crippen LogP contribution in [0.4, 0.5) is 5.69 Å². The zero-order valence-corrected chi connectivity index (χ0v) is 12.7. The average Bonchev–Trinajstić information content (AvgIpc) is 2.27. The van der Waals surface area contributed by atoms with Crippen molar-refractivity contribution in [3.05, 3.63) is 38.3 Å². The summed E-state index contributed by atoms with van der Waals surface area (Å²) in [6.07, 6.45) is 0.733. The lowest BCUT2D eigenvalue weighted by molar-refractivity contribution is -0.385. The van der Waals surface area contributed by atoms with Crippen LogP contribution in [0.3, 0.4) is 0 Å². The summed E-state index contributed by atoms with van der Waals surface area (Å²) in [5.41, 5.74) is 0.112. The van der Waals surface area contributed by atoms with E-state index >= 15 is 0 Å². The van der Waals surface area contributed by atoms with Gasteiger partial charge in [-0.05, 0) is 39.9 Å². The minimum absolute atomic E-state index is 0.0754. The molecule has 0 aliphatic heterocycles. The van der Waals surface area contributed by atoms with Crippen LogP contribution >= 0.6 is 15.9 Å². The monoisotopic (exact) mass is 329 g/mol. The van der Waals surface area contributed by atoms with Gasteiger partial charge in [-0.1, -0.05) is 20.8 Å². The highest BCUT2D eigenvalue weighted by Crippen LogP contribution is 2.26. The highest BCUT2D eigenvalue weighted by molar-refractivity contribution is 9.10. The van der Waals surface area contributed by atoms with Gasteiger partial charge in [0.05, 0.1) is 21.6 Å². The van der Waals surface area contributed by atoms with Crippen molar-refractivity contribution in [2.45, 2.75) is 27.2 Å². The van der Waals surface area contributed by atoms with Gasteiger partial charge in [0.15, 0.2) is 0 Å². The Hall–Kier alpha value is -1.43. The zero-order chi connectivity index (χ0) is 14.6. The molecule has 0 saturated carbocycles. The number of halogens is 1. The molecule has 5 nitrogen and oxygen atoms in total. The van der Waals surface area contributed by atoms with E-state index < -0.39 is 10.9 Å². The van der Waals surface area contributed by atoms with E-state index in [0.29, 0.717) is 11.1 Å². The predicted octanol–water partition coefficient (Wildman–Crippen LogP) is 3.95. The molecular weight excluding hydrogens is 314 g/mol. The summed E-state index contributed by atoms with van der Waals surface area (Å²) in [7, 11) is 0. The van der Waals surface area contributed by atoms with Crippen molar-refractivity contribution in [1.82, 2.24) is 0 Å². The normalized spacial score (nSPS) is 11.2. The Balaban J connectivity index is 2.73. The topological polar surface area (TPSA) is 69.4 Å². The van der Waals surface area contributed by atoms with Gasteiger partial charge in [0.25, 0.3) is 5.69 Å². The fraction of sp³-hybridized carbons (Fsp3) is 0.462. The Morgan fingerprint density at radius 2 is 2.05 bits per heavy atom. The summed E-state index contributed by atoms with van der Waals surface area (Å²) in [5.74, 6) is -0.542. The number of esters is 1. The lowest BCUT2D eigenvalue weighted by atomic mass is 9.93. The molecule has 0 fully saturated rings. The number of carbonyl (C=O) groups is 1. The number of nitro benzene ring substituents is 1. The first kappa shape index (κ1) is 15.6. The summed E-state index contributed by atoms with van der Waals surface area (Å²) in [4.78, 5) is 22.0. The van der Waals surface area contributed by atoms with Gasteiger partial charge in [0.1, 0.15) is 0 Å². The first-order valence-electron chi connectivity index (χ1n) is 5.82. The van der Waals surface area contributed by atoms with E-state index in [1.54, 1.807) is 0 Å². The Morgan fingerprint density at radius 3 is 2.58 bits per heavy atom. The van der Waals surface area contributed by atoms with Crippen molar-refractivity contribution in [2.24, 2.45) is 5.41 Å². The van der Waals surface area contributed by atoms with Crippen LogP contribution in [0.5, 0.6) is 0 Å². The molecule has 19 heavy (non-hydrogen) atoms. The lowest BCUT2D eigenvalue weighted by Gasteiger charge is -2.17. The SMILES string of the molecule is CC(C)(C)CCOC(=O)c1ccc(Br)c([N+](=O)[O-])c1. The van der Waals surface area contributed by atoms with E-state index in [-0.39, 0.29) is 16.7 Å². The summed E-state index contributed by atoms with van der Waals surface area (Å²) in [6.45, 7) is 6.44. The highest BCUT2D eigenvalue weighted by atomic mass is 79.9. The fourth-order valence-corrected chi connectivity index (χ4v) is 1.70. The van der Waals surface area contributed by atoms with Crippen molar-refractivity contribution in [3.63, 3.8) is 0 Å². The summed E-state index contributed by atoms with van der Waals surface area (Å²) in [6, 6.07) is 4.18. The molecule has 1 aromatic rings. The van der Waals surface area contributed by atoms with Crippen LogP contribution in [-0.2, 0) is 4.74 Å². The molecule has 0 aliphatic rings. The fourth-order valence-electron chi connectivity index (χ4n) is 1.31. The number of rotatable bonds is 4. The van der Waals surface area contributed by atoms with Crippen LogP contribution in [0.25, 0.3) is 0 Å². The van der Waals surface area contributed by atoms with Gasteiger partial charge in [0.2, 0.25) is 0 Å². The molecule has 0 spiro atoms. The van der Waals surface area contributed by atoms with Crippen molar-refractivity contribution in [3.8, 4) is 0 Å². The molecule has 0 aliphatic carbocycles. The number of benzene rings is 1.